The largest absolute Gasteiger partial charge is 2.00 e. The second kappa shape index (κ2) is 15.2. The molecule has 0 bridgehead atoms. The summed E-state index contributed by atoms with van der Waals surface area (Å²) in [6, 6.07) is 0. The fraction of sp³-hybridized carbons (Fsp3) is 0.500. The maximum atomic E-state index is 10.1. The molecule has 6 atom stereocenters. The van der Waals surface area contributed by atoms with Crippen LogP contribution < -0.4 is 84.4 Å². The number of hydrogen-bond donors (Lipinski definition) is 5. The van der Waals surface area contributed by atoms with Crippen LogP contribution in [-0.2, 0) is 27.1 Å². The number of ether oxygens (including phenoxy) is 1. The second-order valence-corrected chi connectivity index (χ2v) is 9.87. The van der Waals surface area contributed by atoms with Gasteiger partial charge in [0.1, 0.15) is 30.2 Å². The molecule has 0 spiro atoms. The molecule has 1 saturated heterocycles. The number of aliphatic hydroxyl groups excluding tert-OH is 3. The zero-order chi connectivity index (χ0) is 24.5. The van der Waals surface area contributed by atoms with Gasteiger partial charge in [0.15, 0.2) is 17.7 Å². The number of imidazole rings is 1. The molecule has 182 valence electrons. The molecule has 2 unspecified atom stereocenters. The van der Waals surface area contributed by atoms with Crippen LogP contribution in [0.5, 0.6) is 0 Å². The van der Waals surface area contributed by atoms with Crippen molar-refractivity contribution in [2.75, 3.05) is 12.3 Å². The molecule has 0 saturated carbocycles. The van der Waals surface area contributed by atoms with Crippen LogP contribution in [0.1, 0.15) is 6.23 Å². The third-order valence-electron chi connectivity index (χ3n) is 3.58. The average molecular weight is 591 g/mol. The van der Waals surface area contributed by atoms with Crippen molar-refractivity contribution in [3.8, 4) is 0 Å². The molecule has 25 heteroatoms. The minimum atomic E-state index is -5.95. The Hall–Kier alpha value is 1.37. The molecule has 2 aromatic rings. The van der Waals surface area contributed by atoms with Gasteiger partial charge < -0.3 is 54.8 Å². The SMILES string of the molecule is Nc1ncnc2c1ncn2[C@@H]1O[C@H](CO)[C@@H](O)[C@H]1O.O=P([O-])([O-])OP(=O)([O-])OP(=O)([O-])O.[Mg+2].[Na+].[Na+]. The maximum Gasteiger partial charge on any atom is 2.00 e. The first kappa shape index (κ1) is 38.5. The molecular formula is C10H14MgN5Na2O14P3. The number of nitrogens with zero attached hydrogens (tertiary/aromatic N) is 4. The van der Waals surface area contributed by atoms with E-state index < -0.39 is 54.6 Å². The van der Waals surface area contributed by atoms with Gasteiger partial charge in [0, 0.05) is 0 Å². The van der Waals surface area contributed by atoms with Crippen LogP contribution in [0, 0.1) is 0 Å². The standard InChI is InChI=1S/C10H13N5O4.Mg.2Na.H5O10P3/c11-8-5-9(13-2-12-8)15(3-14-5)10-7(18)6(17)4(1-16)19-10;;;;1-11(2,3)9-13(7,8)10-12(4,5)6/h2-4,6-7,10,16-18H,1H2,(H2,11,12,13);;;;(H,7,8)(H2,1,2,3)(H2,4,5,6)/q;+2;2*+1;/p-4/t4-,6-,7-,10-;;;;/m1..../s1. The van der Waals surface area contributed by atoms with Crippen molar-refractivity contribution in [1.82, 2.24) is 19.5 Å². The minimum absolute atomic E-state index is 0. The first-order valence-electron chi connectivity index (χ1n) is 7.89. The summed E-state index contributed by atoms with van der Waals surface area (Å²) in [5.74, 6) is 0.218. The normalized spacial score (nSPS) is 25.0. The Bertz CT molecular complexity index is 1070. The summed E-state index contributed by atoms with van der Waals surface area (Å²) < 4.78 is 41.9. The van der Waals surface area contributed by atoms with Crippen LogP contribution in [0.4, 0.5) is 5.82 Å². The summed E-state index contributed by atoms with van der Waals surface area (Å²) in [4.78, 5) is 58.9. The average Bonchev–Trinajstić information content (AvgIpc) is 3.14. The van der Waals surface area contributed by atoms with Crippen molar-refractivity contribution in [2.45, 2.75) is 24.5 Å². The number of aliphatic hydroxyl groups is 3. The quantitative estimate of drug-likeness (QED) is 0.154. The molecule has 3 rings (SSSR count). The summed E-state index contributed by atoms with van der Waals surface area (Å²) in [6.07, 6.45) is -1.42. The van der Waals surface area contributed by atoms with E-state index in [0.29, 0.717) is 11.2 Å². The van der Waals surface area contributed by atoms with Crippen LogP contribution in [0.15, 0.2) is 12.7 Å². The van der Waals surface area contributed by atoms with E-state index in [1.807, 2.05) is 0 Å². The van der Waals surface area contributed by atoms with Crippen LogP contribution in [-0.4, -0.2) is 87.7 Å². The van der Waals surface area contributed by atoms with Gasteiger partial charge in [-0.1, -0.05) is 0 Å². The number of rotatable bonds is 6. The van der Waals surface area contributed by atoms with Gasteiger partial charge in [-0.25, -0.2) is 19.3 Å². The van der Waals surface area contributed by atoms with Gasteiger partial charge in [0.2, 0.25) is 0 Å². The zero-order valence-electron chi connectivity index (χ0n) is 18.0. The molecular weight excluding hydrogens is 577 g/mol. The first-order valence-corrected chi connectivity index (χ1v) is 12.3. The molecule has 1 fully saturated rings. The summed E-state index contributed by atoms with van der Waals surface area (Å²) >= 11 is 0. The smallest absolute Gasteiger partial charge is 0.790 e. The van der Waals surface area contributed by atoms with Crippen molar-refractivity contribution in [1.29, 1.82) is 0 Å². The Morgan fingerprint density at radius 3 is 2.09 bits per heavy atom. The van der Waals surface area contributed by atoms with Crippen LogP contribution in [0.3, 0.4) is 0 Å². The van der Waals surface area contributed by atoms with Gasteiger partial charge in [-0.15, -0.1) is 0 Å². The van der Waals surface area contributed by atoms with Crippen LogP contribution in [0.2, 0.25) is 0 Å². The van der Waals surface area contributed by atoms with Crippen LogP contribution in [0.25, 0.3) is 11.2 Å². The number of aromatic nitrogens is 4. The fourth-order valence-electron chi connectivity index (χ4n) is 2.43. The van der Waals surface area contributed by atoms with Gasteiger partial charge in [-0.3, -0.25) is 18.0 Å². The van der Waals surface area contributed by atoms with Gasteiger partial charge in [-0.2, -0.15) is 0 Å². The Morgan fingerprint density at radius 1 is 1.06 bits per heavy atom. The molecule has 2 aromatic heterocycles. The molecule has 0 aliphatic carbocycles. The number of anilines is 1. The Balaban J connectivity index is 0. The van der Waals surface area contributed by atoms with E-state index in [-0.39, 0.29) is 88.0 Å². The molecule has 0 amide bonds. The Labute approximate surface area is 256 Å². The Kier molecular flexibility index (Phi) is 16.8. The van der Waals surface area contributed by atoms with Crippen LogP contribution >= 0.6 is 23.5 Å². The van der Waals surface area contributed by atoms with Crippen molar-refractivity contribution < 1.29 is 126 Å². The van der Waals surface area contributed by atoms with Crippen molar-refractivity contribution >= 4 is 63.5 Å². The summed E-state index contributed by atoms with van der Waals surface area (Å²) in [5, 5.41) is 28.7. The monoisotopic (exact) mass is 591 g/mol. The van der Waals surface area contributed by atoms with Crippen molar-refractivity contribution in [2.24, 2.45) is 0 Å². The van der Waals surface area contributed by atoms with E-state index in [0.717, 1.165) is 0 Å². The summed E-state index contributed by atoms with van der Waals surface area (Å²) in [5.41, 5.74) is 6.44. The molecule has 35 heavy (non-hydrogen) atoms. The molecule has 19 nitrogen and oxygen atoms in total. The molecule has 3 heterocycles. The number of nitrogens with two attached hydrogens (primary N) is 1. The van der Waals surface area contributed by atoms with E-state index >= 15 is 0 Å². The number of fused-ring (bicyclic) bond motifs is 1. The van der Waals surface area contributed by atoms with Gasteiger partial charge in [0.05, 0.1) is 20.8 Å². The number of nitrogen functional groups attached to an aromatic ring is 1. The molecule has 0 aromatic carbocycles. The fourth-order valence-corrected chi connectivity index (χ4v) is 4.81. The van der Waals surface area contributed by atoms with E-state index in [9.17, 15) is 43.5 Å². The van der Waals surface area contributed by atoms with E-state index in [1.54, 1.807) is 0 Å². The number of hydrogen-bond acceptors (Lipinski definition) is 17. The minimum Gasteiger partial charge on any atom is -0.790 e. The van der Waals surface area contributed by atoms with E-state index in [4.69, 9.17) is 20.5 Å². The predicted molar refractivity (Wildman–Crippen MR) is 95.7 cm³/mol. The summed E-state index contributed by atoms with van der Waals surface area (Å²) in [7, 11) is -17.6. The zero-order valence-corrected chi connectivity index (χ0v) is 26.1. The molecule has 6 N–H and O–H groups in total. The third kappa shape index (κ3) is 11.6. The van der Waals surface area contributed by atoms with E-state index in [1.165, 1.54) is 17.2 Å². The maximum absolute atomic E-state index is 10.1. The number of phosphoric acid groups is 3. The second-order valence-electron chi connectivity index (χ2n) is 5.84. The predicted octanol–water partition coefficient (Wildman–Crippen LogP) is -11.6. The summed E-state index contributed by atoms with van der Waals surface area (Å²) in [6.45, 7) is -0.390. The molecule has 0 radical (unpaired) electrons. The molecule has 1 aliphatic rings. The topological polar surface area (TPSA) is 322 Å². The first-order chi connectivity index (χ1) is 14.5. The van der Waals surface area contributed by atoms with Crippen molar-refractivity contribution in [3.05, 3.63) is 12.7 Å². The van der Waals surface area contributed by atoms with Gasteiger partial charge >= 0.3 is 82.2 Å². The Morgan fingerprint density at radius 2 is 1.63 bits per heavy atom. The molecule has 1 aliphatic heterocycles. The van der Waals surface area contributed by atoms with Gasteiger partial charge in [-0.05, 0) is 0 Å². The van der Waals surface area contributed by atoms with E-state index in [2.05, 4.69) is 23.6 Å². The van der Waals surface area contributed by atoms with Gasteiger partial charge in [0.25, 0.3) is 15.6 Å². The van der Waals surface area contributed by atoms with Crippen molar-refractivity contribution in [3.63, 3.8) is 0 Å². The third-order valence-corrected chi connectivity index (χ3v) is 6.81.